The Bertz CT molecular complexity index is 748. The number of thioether (sulfide) groups is 1. The van der Waals surface area contributed by atoms with Gasteiger partial charge in [-0.3, -0.25) is 9.36 Å². The first-order chi connectivity index (χ1) is 12.0. The molecule has 1 amide bonds. The van der Waals surface area contributed by atoms with Crippen molar-refractivity contribution in [1.82, 2.24) is 19.7 Å². The van der Waals surface area contributed by atoms with E-state index in [-0.39, 0.29) is 5.91 Å². The van der Waals surface area contributed by atoms with Crippen molar-refractivity contribution in [2.45, 2.75) is 64.2 Å². The zero-order chi connectivity index (χ0) is 18.0. The molecule has 1 fully saturated rings. The van der Waals surface area contributed by atoms with Crippen molar-refractivity contribution < 1.29 is 4.79 Å². The van der Waals surface area contributed by atoms with Crippen molar-refractivity contribution in [2.75, 3.05) is 5.75 Å². The summed E-state index contributed by atoms with van der Waals surface area (Å²) >= 11 is 1.48. The third-order valence-corrected chi connectivity index (χ3v) is 5.87. The number of hydrogen-bond acceptors (Lipinski definition) is 4. The highest BCUT2D eigenvalue weighted by Crippen LogP contribution is 2.27. The number of carbonyl (C=O) groups excluding carboxylic acids is 1. The lowest BCUT2D eigenvalue weighted by Crippen LogP contribution is -2.48. The fraction of sp³-hybridized carbons (Fsp3) is 0.526. The van der Waals surface area contributed by atoms with Gasteiger partial charge >= 0.3 is 0 Å². The zero-order valence-corrected chi connectivity index (χ0v) is 16.2. The molecule has 134 valence electrons. The van der Waals surface area contributed by atoms with Gasteiger partial charge in [-0.1, -0.05) is 30.0 Å². The van der Waals surface area contributed by atoms with E-state index in [1.807, 2.05) is 23.6 Å². The molecule has 2 aromatic rings. The van der Waals surface area contributed by atoms with Gasteiger partial charge in [0.25, 0.3) is 0 Å². The van der Waals surface area contributed by atoms with Crippen molar-refractivity contribution >= 4 is 17.7 Å². The summed E-state index contributed by atoms with van der Waals surface area (Å²) in [5.74, 6) is 1.43. The summed E-state index contributed by atoms with van der Waals surface area (Å²) in [5.41, 5.74) is 2.23. The van der Waals surface area contributed by atoms with Crippen molar-refractivity contribution in [3.05, 3.63) is 35.7 Å². The molecule has 2 atom stereocenters. The maximum absolute atomic E-state index is 12.8. The summed E-state index contributed by atoms with van der Waals surface area (Å²) in [6, 6.07) is 8.82. The molecule has 6 heteroatoms. The summed E-state index contributed by atoms with van der Waals surface area (Å²) in [5, 5.41) is 9.29. The van der Waals surface area contributed by atoms with Crippen LogP contribution in [0.25, 0.3) is 5.69 Å². The molecular weight excluding hydrogens is 332 g/mol. The number of amides is 1. The van der Waals surface area contributed by atoms with Crippen molar-refractivity contribution in [2.24, 2.45) is 0 Å². The fourth-order valence-corrected chi connectivity index (χ4v) is 4.50. The Morgan fingerprint density at radius 3 is 2.52 bits per heavy atom. The predicted molar refractivity (Wildman–Crippen MR) is 101 cm³/mol. The van der Waals surface area contributed by atoms with E-state index in [9.17, 15) is 4.79 Å². The van der Waals surface area contributed by atoms with E-state index in [2.05, 4.69) is 48.0 Å². The van der Waals surface area contributed by atoms with Gasteiger partial charge in [-0.25, -0.2) is 0 Å². The Labute approximate surface area is 153 Å². The first-order valence-electron chi connectivity index (χ1n) is 8.91. The molecule has 2 heterocycles. The molecule has 0 saturated carbocycles. The minimum absolute atomic E-state index is 0.196. The molecule has 1 aliphatic rings. The summed E-state index contributed by atoms with van der Waals surface area (Å²) in [6.07, 6.45) is 3.40. The second-order valence-corrected chi connectivity index (χ2v) is 7.81. The largest absolute Gasteiger partial charge is 0.337 e. The molecule has 1 aromatic heterocycles. The fourth-order valence-electron chi connectivity index (χ4n) is 3.64. The van der Waals surface area contributed by atoms with Gasteiger partial charge in [-0.15, -0.1) is 10.2 Å². The van der Waals surface area contributed by atoms with Crippen LogP contribution in [0, 0.1) is 13.8 Å². The minimum atomic E-state index is 0.196. The summed E-state index contributed by atoms with van der Waals surface area (Å²) < 4.78 is 2.04. The molecule has 25 heavy (non-hydrogen) atoms. The SMILES string of the molecule is Cc1ccccc1-n1c(C)nnc1SCC(=O)N1C(C)CCCC1C. The van der Waals surface area contributed by atoms with Crippen LogP contribution in [-0.2, 0) is 4.79 Å². The van der Waals surface area contributed by atoms with Crippen molar-refractivity contribution in [3.8, 4) is 5.69 Å². The zero-order valence-electron chi connectivity index (χ0n) is 15.4. The number of hydrogen-bond donors (Lipinski definition) is 0. The third-order valence-electron chi connectivity index (χ3n) is 4.96. The normalized spacial score (nSPS) is 20.7. The number of piperidine rings is 1. The predicted octanol–water partition coefficient (Wildman–Crippen LogP) is 3.77. The van der Waals surface area contributed by atoms with Crippen LogP contribution in [0.3, 0.4) is 0 Å². The number of nitrogens with zero attached hydrogens (tertiary/aromatic N) is 4. The van der Waals surface area contributed by atoms with E-state index in [0.29, 0.717) is 17.8 Å². The summed E-state index contributed by atoms with van der Waals surface area (Å²) in [6.45, 7) is 8.32. The van der Waals surface area contributed by atoms with E-state index < -0.39 is 0 Å². The van der Waals surface area contributed by atoms with Crippen LogP contribution >= 0.6 is 11.8 Å². The molecule has 1 aliphatic heterocycles. The quantitative estimate of drug-likeness (QED) is 0.781. The van der Waals surface area contributed by atoms with Gasteiger partial charge in [-0.2, -0.15) is 0 Å². The number of likely N-dealkylation sites (tertiary alicyclic amines) is 1. The lowest BCUT2D eigenvalue weighted by molar-refractivity contribution is -0.134. The lowest BCUT2D eigenvalue weighted by Gasteiger charge is -2.39. The van der Waals surface area contributed by atoms with Gasteiger partial charge in [0, 0.05) is 12.1 Å². The van der Waals surface area contributed by atoms with Crippen LogP contribution in [0.2, 0.25) is 0 Å². The van der Waals surface area contributed by atoms with Crippen LogP contribution in [0.15, 0.2) is 29.4 Å². The van der Waals surface area contributed by atoms with Gasteiger partial charge in [0.1, 0.15) is 5.82 Å². The molecule has 1 aromatic carbocycles. The van der Waals surface area contributed by atoms with Gasteiger partial charge in [0.2, 0.25) is 5.91 Å². The molecule has 0 N–H and O–H groups in total. The average Bonchev–Trinajstić information content (AvgIpc) is 2.94. The number of rotatable bonds is 4. The van der Waals surface area contributed by atoms with E-state index in [4.69, 9.17) is 0 Å². The molecule has 0 aliphatic carbocycles. The maximum atomic E-state index is 12.8. The van der Waals surface area contributed by atoms with Crippen LogP contribution in [0.4, 0.5) is 0 Å². The average molecular weight is 359 g/mol. The lowest BCUT2D eigenvalue weighted by atomic mass is 9.98. The molecule has 0 bridgehead atoms. The Morgan fingerprint density at radius 2 is 1.84 bits per heavy atom. The molecule has 2 unspecified atom stereocenters. The van der Waals surface area contributed by atoms with Gasteiger partial charge < -0.3 is 4.90 Å². The van der Waals surface area contributed by atoms with Gasteiger partial charge in [0.15, 0.2) is 5.16 Å². The Morgan fingerprint density at radius 1 is 1.16 bits per heavy atom. The highest BCUT2D eigenvalue weighted by atomic mass is 32.2. The monoisotopic (exact) mass is 358 g/mol. The van der Waals surface area contributed by atoms with Gasteiger partial charge in [-0.05, 0) is 58.6 Å². The number of aryl methyl sites for hydroxylation is 2. The molecule has 3 rings (SSSR count). The Hall–Kier alpha value is -1.82. The first-order valence-corrected chi connectivity index (χ1v) is 9.89. The van der Waals surface area contributed by atoms with E-state index in [1.54, 1.807) is 0 Å². The van der Waals surface area contributed by atoms with E-state index >= 15 is 0 Å². The second kappa shape index (κ2) is 7.60. The summed E-state index contributed by atoms with van der Waals surface area (Å²) in [4.78, 5) is 14.8. The third kappa shape index (κ3) is 3.73. The number of benzene rings is 1. The second-order valence-electron chi connectivity index (χ2n) is 6.87. The first kappa shape index (κ1) is 18.0. The summed E-state index contributed by atoms with van der Waals surface area (Å²) in [7, 11) is 0. The Kier molecular flexibility index (Phi) is 5.47. The Balaban J connectivity index is 1.76. The maximum Gasteiger partial charge on any atom is 0.233 e. The number of para-hydroxylation sites is 1. The smallest absolute Gasteiger partial charge is 0.233 e. The van der Waals surface area contributed by atoms with Crippen LogP contribution in [0.5, 0.6) is 0 Å². The van der Waals surface area contributed by atoms with Crippen LogP contribution in [0.1, 0.15) is 44.5 Å². The molecule has 0 spiro atoms. The molecule has 5 nitrogen and oxygen atoms in total. The molecule has 0 radical (unpaired) electrons. The topological polar surface area (TPSA) is 51.0 Å². The van der Waals surface area contributed by atoms with Gasteiger partial charge in [0.05, 0.1) is 11.4 Å². The molecule has 1 saturated heterocycles. The van der Waals surface area contributed by atoms with E-state index in [1.165, 1.54) is 18.2 Å². The van der Waals surface area contributed by atoms with Crippen molar-refractivity contribution in [3.63, 3.8) is 0 Å². The standard InChI is InChI=1S/C19H26N4OS/c1-13-8-5-6-11-17(13)23-16(4)20-21-19(23)25-12-18(24)22-14(2)9-7-10-15(22)3/h5-6,8,11,14-15H,7,9-10,12H2,1-4H3. The van der Waals surface area contributed by atoms with Crippen LogP contribution in [-0.4, -0.2) is 43.4 Å². The highest BCUT2D eigenvalue weighted by molar-refractivity contribution is 7.99. The number of carbonyl (C=O) groups is 1. The minimum Gasteiger partial charge on any atom is -0.337 e. The number of aromatic nitrogens is 3. The molecular formula is C19H26N4OS. The van der Waals surface area contributed by atoms with E-state index in [0.717, 1.165) is 35.1 Å². The van der Waals surface area contributed by atoms with Crippen LogP contribution < -0.4 is 0 Å². The van der Waals surface area contributed by atoms with Crippen molar-refractivity contribution in [1.29, 1.82) is 0 Å². The highest BCUT2D eigenvalue weighted by Gasteiger charge is 2.29.